The summed E-state index contributed by atoms with van der Waals surface area (Å²) >= 11 is 3.05. The van der Waals surface area contributed by atoms with Gasteiger partial charge in [-0.05, 0) is 31.2 Å². The van der Waals surface area contributed by atoms with E-state index in [2.05, 4.69) is 9.97 Å². The van der Waals surface area contributed by atoms with Crippen molar-refractivity contribution in [2.24, 2.45) is 7.05 Å². The Bertz CT molecular complexity index is 1170. The average molecular weight is 385 g/mol. The zero-order valence-electron chi connectivity index (χ0n) is 14.1. The number of nitrogens with one attached hydrogen (secondary N) is 1. The molecule has 0 saturated carbocycles. The molecule has 0 fully saturated rings. The third-order valence-electron chi connectivity index (χ3n) is 3.99. The molecule has 0 aromatic carbocycles. The van der Waals surface area contributed by atoms with E-state index in [4.69, 9.17) is 4.74 Å². The molecule has 0 saturated heterocycles. The number of carbonyl (C=O) groups excluding carboxylic acids is 1. The molecule has 4 rings (SSSR count). The molecule has 8 heteroatoms. The van der Waals surface area contributed by atoms with Crippen molar-refractivity contribution in [3.8, 4) is 10.4 Å². The number of ether oxygens (including phenoxy) is 1. The highest BCUT2D eigenvalue weighted by atomic mass is 32.1. The van der Waals surface area contributed by atoms with E-state index in [1.165, 1.54) is 16.2 Å². The highest BCUT2D eigenvalue weighted by Gasteiger charge is 2.16. The maximum absolute atomic E-state index is 12.6. The Morgan fingerprint density at radius 1 is 1.35 bits per heavy atom. The maximum atomic E-state index is 12.6. The van der Waals surface area contributed by atoms with Crippen molar-refractivity contribution in [3.05, 3.63) is 62.6 Å². The van der Waals surface area contributed by atoms with Crippen molar-refractivity contribution in [2.75, 3.05) is 0 Å². The Morgan fingerprint density at radius 2 is 2.19 bits per heavy atom. The van der Waals surface area contributed by atoms with E-state index < -0.39 is 5.97 Å². The number of hydrogen-bond acceptors (Lipinski definition) is 6. The first-order chi connectivity index (χ1) is 12.5. The Morgan fingerprint density at radius 3 is 2.88 bits per heavy atom. The van der Waals surface area contributed by atoms with E-state index in [-0.39, 0.29) is 12.2 Å². The van der Waals surface area contributed by atoms with Gasteiger partial charge in [-0.25, -0.2) is 9.78 Å². The highest BCUT2D eigenvalue weighted by Crippen LogP contribution is 2.34. The SMILES string of the molecule is Cc1ccc(-c2csc3nc(COC(=O)c4cccn4C)[nH]c(=O)c23)s1. The quantitative estimate of drug-likeness (QED) is 0.543. The minimum Gasteiger partial charge on any atom is -0.453 e. The molecule has 4 aromatic rings. The Labute approximate surface area is 156 Å². The Balaban J connectivity index is 1.61. The third kappa shape index (κ3) is 2.97. The number of esters is 1. The number of H-pyrrole nitrogens is 1. The van der Waals surface area contributed by atoms with Gasteiger partial charge in [-0.2, -0.15) is 0 Å². The van der Waals surface area contributed by atoms with Crippen LogP contribution in [0.3, 0.4) is 0 Å². The van der Waals surface area contributed by atoms with Crippen LogP contribution in [0.4, 0.5) is 0 Å². The Kier molecular flexibility index (Phi) is 4.21. The van der Waals surface area contributed by atoms with E-state index in [1.807, 2.05) is 24.4 Å². The first-order valence-electron chi connectivity index (χ1n) is 7.88. The summed E-state index contributed by atoms with van der Waals surface area (Å²) in [6.45, 7) is 1.95. The summed E-state index contributed by atoms with van der Waals surface area (Å²) in [6.07, 6.45) is 1.77. The smallest absolute Gasteiger partial charge is 0.355 e. The fourth-order valence-electron chi connectivity index (χ4n) is 2.70. The number of aromatic nitrogens is 3. The zero-order chi connectivity index (χ0) is 18.3. The van der Waals surface area contributed by atoms with Gasteiger partial charge in [-0.1, -0.05) is 0 Å². The van der Waals surface area contributed by atoms with Gasteiger partial charge < -0.3 is 14.3 Å². The summed E-state index contributed by atoms with van der Waals surface area (Å²) in [6, 6.07) is 7.48. The summed E-state index contributed by atoms with van der Waals surface area (Å²) in [7, 11) is 1.77. The van der Waals surface area contributed by atoms with Gasteiger partial charge in [0.1, 0.15) is 23.0 Å². The van der Waals surface area contributed by atoms with Crippen molar-refractivity contribution >= 4 is 38.9 Å². The molecule has 0 aliphatic carbocycles. The lowest BCUT2D eigenvalue weighted by Crippen LogP contribution is -2.15. The number of carbonyl (C=O) groups is 1. The first kappa shape index (κ1) is 16.7. The van der Waals surface area contributed by atoms with Gasteiger partial charge in [0.05, 0.1) is 5.39 Å². The Hall–Kier alpha value is -2.71. The summed E-state index contributed by atoms with van der Waals surface area (Å²) in [5, 5.41) is 2.52. The average Bonchev–Trinajstić information content (AvgIpc) is 3.32. The molecule has 0 bridgehead atoms. The second-order valence-corrected chi connectivity index (χ2v) is 7.98. The summed E-state index contributed by atoms with van der Waals surface area (Å²) in [5.41, 5.74) is 1.12. The number of thiophene rings is 2. The molecular weight excluding hydrogens is 370 g/mol. The van der Waals surface area contributed by atoms with Gasteiger partial charge >= 0.3 is 5.97 Å². The van der Waals surface area contributed by atoms with Crippen molar-refractivity contribution < 1.29 is 9.53 Å². The van der Waals surface area contributed by atoms with Crippen molar-refractivity contribution in [3.63, 3.8) is 0 Å². The van der Waals surface area contributed by atoms with Crippen LogP contribution in [0.1, 0.15) is 21.2 Å². The summed E-state index contributed by atoms with van der Waals surface area (Å²) in [5.74, 6) is -0.123. The number of hydrogen-bond donors (Lipinski definition) is 1. The van der Waals surface area contributed by atoms with Gasteiger partial charge in [0.2, 0.25) is 0 Å². The molecule has 0 spiro atoms. The van der Waals surface area contributed by atoms with Gasteiger partial charge in [0.25, 0.3) is 5.56 Å². The van der Waals surface area contributed by atoms with E-state index in [0.29, 0.717) is 21.7 Å². The fourth-order valence-corrected chi connectivity index (χ4v) is 4.63. The van der Waals surface area contributed by atoms with Crippen molar-refractivity contribution in [1.82, 2.24) is 14.5 Å². The minimum atomic E-state index is -0.457. The molecule has 0 aliphatic rings. The van der Waals surface area contributed by atoms with Crippen LogP contribution in [0.5, 0.6) is 0 Å². The first-order valence-corrected chi connectivity index (χ1v) is 9.58. The molecule has 132 valence electrons. The number of aromatic amines is 1. The third-order valence-corrected chi connectivity index (χ3v) is 5.90. The van der Waals surface area contributed by atoms with Crippen LogP contribution in [0.2, 0.25) is 0 Å². The number of nitrogens with zero attached hydrogens (tertiary/aromatic N) is 2. The van der Waals surface area contributed by atoms with Gasteiger partial charge in [-0.15, -0.1) is 22.7 Å². The van der Waals surface area contributed by atoms with Crippen LogP contribution in [0.25, 0.3) is 20.7 Å². The van der Waals surface area contributed by atoms with Crippen molar-refractivity contribution in [2.45, 2.75) is 13.5 Å². The molecule has 0 radical (unpaired) electrons. The number of rotatable bonds is 4. The molecule has 1 N–H and O–H groups in total. The van der Waals surface area contributed by atoms with Crippen LogP contribution >= 0.6 is 22.7 Å². The van der Waals surface area contributed by atoms with Crippen LogP contribution < -0.4 is 5.56 Å². The number of fused-ring (bicyclic) bond motifs is 1. The monoisotopic (exact) mass is 385 g/mol. The predicted molar refractivity (Wildman–Crippen MR) is 103 cm³/mol. The van der Waals surface area contributed by atoms with Crippen LogP contribution in [0, 0.1) is 6.92 Å². The number of aryl methyl sites for hydroxylation is 2. The van der Waals surface area contributed by atoms with E-state index in [9.17, 15) is 9.59 Å². The van der Waals surface area contributed by atoms with E-state index >= 15 is 0 Å². The molecule has 4 heterocycles. The lowest BCUT2D eigenvalue weighted by molar-refractivity contribution is 0.0451. The lowest BCUT2D eigenvalue weighted by atomic mass is 10.2. The summed E-state index contributed by atoms with van der Waals surface area (Å²) < 4.78 is 6.94. The van der Waals surface area contributed by atoms with Crippen LogP contribution in [-0.2, 0) is 18.4 Å². The second-order valence-electron chi connectivity index (χ2n) is 5.83. The molecule has 26 heavy (non-hydrogen) atoms. The van der Waals surface area contributed by atoms with Gasteiger partial charge in [0.15, 0.2) is 0 Å². The van der Waals surface area contributed by atoms with Crippen LogP contribution in [0.15, 0.2) is 40.6 Å². The standard InChI is InChI=1S/C18H15N3O3S2/c1-10-5-6-13(26-10)11-9-25-17-15(11)16(22)19-14(20-17)8-24-18(23)12-4-3-7-21(12)2/h3-7,9H,8H2,1-2H3,(H,19,20,22). The topological polar surface area (TPSA) is 77.0 Å². The largest absolute Gasteiger partial charge is 0.453 e. The molecule has 0 amide bonds. The van der Waals surface area contributed by atoms with Crippen LogP contribution in [-0.4, -0.2) is 20.5 Å². The fraction of sp³-hybridized carbons (Fsp3) is 0.167. The molecule has 4 aromatic heterocycles. The summed E-state index contributed by atoms with van der Waals surface area (Å²) in [4.78, 5) is 34.7. The zero-order valence-corrected chi connectivity index (χ0v) is 15.7. The molecular formula is C18H15N3O3S2. The molecule has 6 nitrogen and oxygen atoms in total. The predicted octanol–water partition coefficient (Wildman–Crippen LogP) is 3.72. The van der Waals surface area contributed by atoms with Gasteiger partial charge in [-0.3, -0.25) is 4.79 Å². The van der Waals surface area contributed by atoms with E-state index in [1.54, 1.807) is 41.3 Å². The van der Waals surface area contributed by atoms with Crippen molar-refractivity contribution in [1.29, 1.82) is 0 Å². The normalized spacial score (nSPS) is 11.2. The minimum absolute atomic E-state index is 0.0828. The van der Waals surface area contributed by atoms with Gasteiger partial charge in [0, 0.05) is 33.9 Å². The maximum Gasteiger partial charge on any atom is 0.355 e. The van der Waals surface area contributed by atoms with E-state index in [0.717, 1.165) is 10.4 Å². The second kappa shape index (κ2) is 6.54. The molecule has 0 aliphatic heterocycles. The highest BCUT2D eigenvalue weighted by molar-refractivity contribution is 7.19. The molecule has 0 unspecified atom stereocenters. The lowest BCUT2D eigenvalue weighted by Gasteiger charge is -2.05. The molecule has 0 atom stereocenters.